The second kappa shape index (κ2) is 5.76. The molecule has 3 rings (SSSR count). The fraction of sp³-hybridized carbons (Fsp3) is 0.400. The van der Waals surface area contributed by atoms with Crippen LogP contribution in [0.5, 0.6) is 0 Å². The van der Waals surface area contributed by atoms with Gasteiger partial charge in [0.2, 0.25) is 0 Å². The van der Waals surface area contributed by atoms with E-state index in [4.69, 9.17) is 27.7 Å². The van der Waals surface area contributed by atoms with Crippen molar-refractivity contribution in [2.24, 2.45) is 0 Å². The van der Waals surface area contributed by atoms with Crippen LogP contribution in [-0.4, -0.2) is 10.3 Å². The summed E-state index contributed by atoms with van der Waals surface area (Å²) in [4.78, 5) is 0. The molecule has 1 N–H and O–H groups in total. The van der Waals surface area contributed by atoms with E-state index in [0.29, 0.717) is 32.8 Å². The van der Waals surface area contributed by atoms with Crippen LogP contribution in [-0.2, 0) is 6.61 Å². The third-order valence-electron chi connectivity index (χ3n) is 3.90. The van der Waals surface area contributed by atoms with E-state index in [0.717, 1.165) is 18.6 Å². The first kappa shape index (κ1) is 13.9. The smallest absolute Gasteiger partial charge is 0.145 e. The van der Waals surface area contributed by atoms with Crippen molar-refractivity contribution >= 4 is 23.2 Å². The summed E-state index contributed by atoms with van der Waals surface area (Å²) >= 11 is 12.4. The minimum atomic E-state index is -0.119. The predicted octanol–water partition coefficient (Wildman–Crippen LogP) is 4.80. The highest BCUT2D eigenvalue weighted by atomic mass is 35.5. The summed E-state index contributed by atoms with van der Waals surface area (Å²) in [5.74, 6) is 1.13. The summed E-state index contributed by atoms with van der Waals surface area (Å²) in [5.41, 5.74) is 1.91. The number of aliphatic hydroxyl groups excluding tert-OH is 1. The molecular formula is C15H15Cl2NO2. The summed E-state index contributed by atoms with van der Waals surface area (Å²) in [6.45, 7) is -0.119. The predicted molar refractivity (Wildman–Crippen MR) is 79.1 cm³/mol. The van der Waals surface area contributed by atoms with Crippen molar-refractivity contribution in [3.05, 3.63) is 39.6 Å². The SMILES string of the molecule is OCc1c(-c2c(Cl)cccc2Cl)noc1C1CCCC1. The number of halogens is 2. The molecule has 1 fully saturated rings. The minimum absolute atomic E-state index is 0.119. The van der Waals surface area contributed by atoms with E-state index in [1.54, 1.807) is 18.2 Å². The number of benzene rings is 1. The van der Waals surface area contributed by atoms with Gasteiger partial charge in [0.1, 0.15) is 11.5 Å². The van der Waals surface area contributed by atoms with E-state index in [9.17, 15) is 5.11 Å². The van der Waals surface area contributed by atoms with Gasteiger partial charge in [0.05, 0.1) is 16.7 Å². The number of hydrogen-bond acceptors (Lipinski definition) is 3. The number of aromatic nitrogens is 1. The second-order valence-electron chi connectivity index (χ2n) is 5.11. The number of nitrogens with zero attached hydrogens (tertiary/aromatic N) is 1. The highest BCUT2D eigenvalue weighted by Gasteiger charge is 2.28. The highest BCUT2D eigenvalue weighted by Crippen LogP contribution is 2.42. The maximum absolute atomic E-state index is 9.71. The van der Waals surface area contributed by atoms with E-state index in [2.05, 4.69) is 5.16 Å². The molecule has 1 saturated carbocycles. The van der Waals surface area contributed by atoms with Crippen LogP contribution >= 0.6 is 23.2 Å². The van der Waals surface area contributed by atoms with Gasteiger partial charge in [0.25, 0.3) is 0 Å². The zero-order valence-corrected chi connectivity index (χ0v) is 12.4. The molecule has 1 aromatic carbocycles. The van der Waals surface area contributed by atoms with Crippen molar-refractivity contribution in [1.82, 2.24) is 5.16 Å². The van der Waals surface area contributed by atoms with Gasteiger partial charge < -0.3 is 9.63 Å². The topological polar surface area (TPSA) is 46.3 Å². The summed E-state index contributed by atoms with van der Waals surface area (Å²) in [6.07, 6.45) is 4.55. The average Bonchev–Trinajstić information content (AvgIpc) is 3.06. The molecule has 1 aliphatic rings. The summed E-state index contributed by atoms with van der Waals surface area (Å²) in [5, 5.41) is 14.8. The lowest BCUT2D eigenvalue weighted by molar-refractivity contribution is 0.274. The van der Waals surface area contributed by atoms with E-state index in [-0.39, 0.29) is 6.61 Å². The minimum Gasteiger partial charge on any atom is -0.391 e. The van der Waals surface area contributed by atoms with Gasteiger partial charge >= 0.3 is 0 Å². The van der Waals surface area contributed by atoms with Gasteiger partial charge in [0.15, 0.2) is 0 Å². The molecule has 0 unspecified atom stereocenters. The Morgan fingerprint density at radius 2 is 1.85 bits per heavy atom. The first-order chi connectivity index (χ1) is 9.72. The Labute approximate surface area is 127 Å². The van der Waals surface area contributed by atoms with Crippen molar-refractivity contribution in [3.63, 3.8) is 0 Å². The third kappa shape index (κ3) is 2.34. The van der Waals surface area contributed by atoms with Crippen molar-refractivity contribution < 1.29 is 9.63 Å². The van der Waals surface area contributed by atoms with Gasteiger partial charge in [0, 0.05) is 17.0 Å². The number of rotatable bonds is 3. The van der Waals surface area contributed by atoms with Gasteiger partial charge in [-0.3, -0.25) is 0 Å². The molecule has 0 atom stereocenters. The van der Waals surface area contributed by atoms with Gasteiger partial charge in [-0.1, -0.05) is 47.3 Å². The summed E-state index contributed by atoms with van der Waals surface area (Å²) < 4.78 is 5.51. The van der Waals surface area contributed by atoms with Gasteiger partial charge in [-0.25, -0.2) is 0 Å². The maximum Gasteiger partial charge on any atom is 0.145 e. The molecule has 5 heteroatoms. The fourth-order valence-corrected chi connectivity index (χ4v) is 3.48. The Hall–Kier alpha value is -1.03. The van der Waals surface area contributed by atoms with E-state index < -0.39 is 0 Å². The normalized spacial score (nSPS) is 15.9. The Kier molecular flexibility index (Phi) is 4.01. The van der Waals surface area contributed by atoms with Crippen LogP contribution in [0.1, 0.15) is 42.9 Å². The molecule has 0 saturated heterocycles. The van der Waals surface area contributed by atoms with Crippen molar-refractivity contribution in [1.29, 1.82) is 0 Å². The van der Waals surface area contributed by atoms with Crippen molar-refractivity contribution in [2.45, 2.75) is 38.2 Å². The first-order valence-electron chi connectivity index (χ1n) is 6.76. The molecule has 2 aromatic rings. The van der Waals surface area contributed by atoms with E-state index in [1.165, 1.54) is 12.8 Å². The Bertz CT molecular complexity index is 598. The average molecular weight is 312 g/mol. The summed E-state index contributed by atoms with van der Waals surface area (Å²) in [6, 6.07) is 5.30. The molecule has 1 aliphatic carbocycles. The van der Waals surface area contributed by atoms with Crippen LogP contribution in [0.15, 0.2) is 22.7 Å². The van der Waals surface area contributed by atoms with Crippen LogP contribution in [0.4, 0.5) is 0 Å². The third-order valence-corrected chi connectivity index (χ3v) is 4.53. The quantitative estimate of drug-likeness (QED) is 0.885. The lowest BCUT2D eigenvalue weighted by Gasteiger charge is -2.08. The van der Waals surface area contributed by atoms with Crippen LogP contribution in [0, 0.1) is 0 Å². The number of aliphatic hydroxyl groups is 1. The molecule has 0 amide bonds. The van der Waals surface area contributed by atoms with Crippen molar-refractivity contribution in [3.8, 4) is 11.3 Å². The molecule has 0 radical (unpaired) electrons. The van der Waals surface area contributed by atoms with E-state index in [1.807, 2.05) is 0 Å². The molecule has 0 spiro atoms. The monoisotopic (exact) mass is 311 g/mol. The lowest BCUT2D eigenvalue weighted by Crippen LogP contribution is -1.97. The van der Waals surface area contributed by atoms with E-state index >= 15 is 0 Å². The van der Waals surface area contributed by atoms with Gasteiger partial charge in [-0.2, -0.15) is 0 Å². The largest absolute Gasteiger partial charge is 0.391 e. The molecule has 1 aromatic heterocycles. The van der Waals surface area contributed by atoms with Gasteiger partial charge in [-0.15, -0.1) is 0 Å². The highest BCUT2D eigenvalue weighted by molar-refractivity contribution is 6.39. The van der Waals surface area contributed by atoms with Crippen LogP contribution < -0.4 is 0 Å². The fourth-order valence-electron chi connectivity index (χ4n) is 2.90. The maximum atomic E-state index is 9.71. The lowest BCUT2D eigenvalue weighted by atomic mass is 9.98. The Morgan fingerprint density at radius 3 is 2.45 bits per heavy atom. The zero-order chi connectivity index (χ0) is 14.1. The molecule has 20 heavy (non-hydrogen) atoms. The van der Waals surface area contributed by atoms with Crippen LogP contribution in [0.2, 0.25) is 10.0 Å². The molecule has 1 heterocycles. The van der Waals surface area contributed by atoms with Crippen molar-refractivity contribution in [2.75, 3.05) is 0 Å². The van der Waals surface area contributed by atoms with Gasteiger partial charge in [-0.05, 0) is 25.0 Å². The van der Waals surface area contributed by atoms with Crippen LogP contribution in [0.25, 0.3) is 11.3 Å². The molecule has 0 aliphatic heterocycles. The summed E-state index contributed by atoms with van der Waals surface area (Å²) in [7, 11) is 0. The zero-order valence-electron chi connectivity index (χ0n) is 10.9. The molecular weight excluding hydrogens is 297 g/mol. The standard InChI is InChI=1S/C15H15Cl2NO2/c16-11-6-3-7-12(17)13(11)14-10(8-19)15(20-18-14)9-4-1-2-5-9/h3,6-7,9,19H,1-2,4-5,8H2. The Morgan fingerprint density at radius 1 is 1.20 bits per heavy atom. The first-order valence-corrected chi connectivity index (χ1v) is 7.51. The number of hydrogen-bond donors (Lipinski definition) is 1. The molecule has 0 bridgehead atoms. The molecule has 106 valence electrons. The Balaban J connectivity index is 2.10. The second-order valence-corrected chi connectivity index (χ2v) is 5.92. The molecule has 3 nitrogen and oxygen atoms in total. The van der Waals surface area contributed by atoms with Crippen LogP contribution in [0.3, 0.4) is 0 Å².